The molecule has 3 nitrogen and oxygen atoms in total. The second-order valence-electron chi connectivity index (χ2n) is 3.34. The van der Waals surface area contributed by atoms with E-state index in [1.165, 1.54) is 5.41 Å². The second-order valence-corrected chi connectivity index (χ2v) is 5.93. The molecule has 0 radical (unpaired) electrons. The maximum absolute atomic E-state index is 11.8. The molecule has 1 aromatic rings. The van der Waals surface area contributed by atoms with Crippen molar-refractivity contribution in [1.82, 2.24) is 0 Å². The SMILES string of the molecule is NCCC1=CS(=O)(=O)c2c(Br)cccc21. The van der Waals surface area contributed by atoms with E-state index in [9.17, 15) is 8.42 Å². The average molecular weight is 288 g/mol. The van der Waals surface area contributed by atoms with Crippen LogP contribution in [-0.4, -0.2) is 15.0 Å². The molecule has 0 aromatic heterocycles. The van der Waals surface area contributed by atoms with Crippen LogP contribution in [-0.2, 0) is 9.84 Å². The van der Waals surface area contributed by atoms with Crippen LogP contribution >= 0.6 is 15.9 Å². The molecular weight excluding hydrogens is 278 g/mol. The standard InChI is InChI=1S/C10H10BrNO2S/c11-9-3-1-2-8-7(4-5-12)6-15(13,14)10(8)9/h1-3,6H,4-5,12H2. The Kier molecular flexibility index (Phi) is 2.70. The lowest BCUT2D eigenvalue weighted by atomic mass is 10.1. The van der Waals surface area contributed by atoms with E-state index in [0.29, 0.717) is 22.3 Å². The van der Waals surface area contributed by atoms with Gasteiger partial charge in [0.1, 0.15) is 0 Å². The van der Waals surface area contributed by atoms with Gasteiger partial charge in [-0.15, -0.1) is 0 Å². The summed E-state index contributed by atoms with van der Waals surface area (Å²) in [6.07, 6.45) is 0.586. The van der Waals surface area contributed by atoms with E-state index >= 15 is 0 Å². The van der Waals surface area contributed by atoms with Crippen LogP contribution in [0.4, 0.5) is 0 Å². The summed E-state index contributed by atoms with van der Waals surface area (Å²) in [4.78, 5) is 0.369. The smallest absolute Gasteiger partial charge is 0.201 e. The average Bonchev–Trinajstić information content (AvgIpc) is 2.40. The molecule has 5 heteroatoms. The van der Waals surface area contributed by atoms with E-state index in [4.69, 9.17) is 5.73 Å². The van der Waals surface area contributed by atoms with Gasteiger partial charge >= 0.3 is 0 Å². The summed E-state index contributed by atoms with van der Waals surface area (Å²) in [6, 6.07) is 5.37. The van der Waals surface area contributed by atoms with Crippen LogP contribution in [0, 0.1) is 0 Å². The predicted molar refractivity (Wildman–Crippen MR) is 63.0 cm³/mol. The normalized spacial score (nSPS) is 17.3. The zero-order valence-electron chi connectivity index (χ0n) is 7.90. The molecule has 0 fully saturated rings. The fourth-order valence-corrected chi connectivity index (χ4v) is 4.34. The zero-order chi connectivity index (χ0) is 11.1. The van der Waals surface area contributed by atoms with Crippen molar-refractivity contribution in [3.8, 4) is 0 Å². The second kappa shape index (κ2) is 3.73. The van der Waals surface area contributed by atoms with Crippen LogP contribution in [0.2, 0.25) is 0 Å². The highest BCUT2D eigenvalue weighted by atomic mass is 79.9. The fraction of sp³-hybridized carbons (Fsp3) is 0.200. The van der Waals surface area contributed by atoms with E-state index in [2.05, 4.69) is 15.9 Å². The zero-order valence-corrected chi connectivity index (χ0v) is 10.3. The van der Waals surface area contributed by atoms with E-state index in [0.717, 1.165) is 11.1 Å². The Morgan fingerprint density at radius 1 is 1.33 bits per heavy atom. The summed E-state index contributed by atoms with van der Waals surface area (Å²) < 4.78 is 24.2. The molecular formula is C10H10BrNO2S. The molecule has 2 rings (SSSR count). The van der Waals surface area contributed by atoms with E-state index < -0.39 is 9.84 Å². The Hall–Kier alpha value is -0.650. The minimum absolute atomic E-state index is 0.369. The Bertz CT molecular complexity index is 534. The van der Waals surface area contributed by atoms with Gasteiger partial charge in [0.05, 0.1) is 4.90 Å². The number of hydrogen-bond donors (Lipinski definition) is 1. The van der Waals surface area contributed by atoms with Crippen molar-refractivity contribution in [1.29, 1.82) is 0 Å². The summed E-state index contributed by atoms with van der Waals surface area (Å²) in [5, 5.41) is 1.31. The third kappa shape index (κ3) is 1.75. The van der Waals surface area contributed by atoms with E-state index in [-0.39, 0.29) is 0 Å². The molecule has 80 valence electrons. The Morgan fingerprint density at radius 3 is 2.73 bits per heavy atom. The van der Waals surface area contributed by atoms with Crippen LogP contribution in [0.3, 0.4) is 0 Å². The summed E-state index contributed by atoms with van der Waals surface area (Å²) in [5.74, 6) is 0. The van der Waals surface area contributed by atoms with Crippen molar-refractivity contribution in [2.45, 2.75) is 11.3 Å². The van der Waals surface area contributed by atoms with Crippen molar-refractivity contribution in [3.05, 3.63) is 33.6 Å². The molecule has 0 unspecified atom stereocenters. The van der Waals surface area contributed by atoms with Gasteiger partial charge in [0.15, 0.2) is 0 Å². The molecule has 15 heavy (non-hydrogen) atoms. The predicted octanol–water partition coefficient (Wildman–Crippen LogP) is 1.93. The van der Waals surface area contributed by atoms with Gasteiger partial charge in [-0.1, -0.05) is 12.1 Å². The molecule has 1 aliphatic rings. The minimum Gasteiger partial charge on any atom is -0.330 e. The number of hydrogen-bond acceptors (Lipinski definition) is 3. The van der Waals surface area contributed by atoms with Gasteiger partial charge in [-0.25, -0.2) is 8.42 Å². The number of benzene rings is 1. The lowest BCUT2D eigenvalue weighted by molar-refractivity contribution is 0.605. The van der Waals surface area contributed by atoms with Gasteiger partial charge in [0.25, 0.3) is 0 Å². The van der Waals surface area contributed by atoms with Gasteiger partial charge in [-0.2, -0.15) is 0 Å². The third-order valence-electron chi connectivity index (χ3n) is 2.31. The first kappa shape index (κ1) is 10.9. The van der Waals surface area contributed by atoms with Crippen LogP contribution in [0.5, 0.6) is 0 Å². The number of nitrogens with two attached hydrogens (primary N) is 1. The lowest BCUT2D eigenvalue weighted by Crippen LogP contribution is -1.99. The number of sulfone groups is 1. The highest BCUT2D eigenvalue weighted by molar-refractivity contribution is 9.10. The minimum atomic E-state index is -3.27. The van der Waals surface area contributed by atoms with Crippen molar-refractivity contribution >= 4 is 31.3 Å². The largest absolute Gasteiger partial charge is 0.330 e. The van der Waals surface area contributed by atoms with E-state index in [1.54, 1.807) is 6.07 Å². The van der Waals surface area contributed by atoms with Gasteiger partial charge in [-0.3, -0.25) is 0 Å². The van der Waals surface area contributed by atoms with Crippen molar-refractivity contribution in [3.63, 3.8) is 0 Å². The van der Waals surface area contributed by atoms with Crippen LogP contribution < -0.4 is 5.73 Å². The fourth-order valence-electron chi connectivity index (χ4n) is 1.71. The van der Waals surface area contributed by atoms with Gasteiger partial charge in [0, 0.05) is 9.88 Å². The van der Waals surface area contributed by atoms with Crippen molar-refractivity contribution < 1.29 is 8.42 Å². The lowest BCUT2D eigenvalue weighted by Gasteiger charge is -2.03. The van der Waals surface area contributed by atoms with Crippen molar-refractivity contribution in [2.75, 3.05) is 6.54 Å². The first-order valence-electron chi connectivity index (χ1n) is 4.51. The van der Waals surface area contributed by atoms with Crippen molar-refractivity contribution in [2.24, 2.45) is 5.73 Å². The molecule has 0 spiro atoms. The summed E-state index contributed by atoms with van der Waals surface area (Å²) in [5.41, 5.74) is 7.02. The third-order valence-corrected chi connectivity index (χ3v) is 4.84. The molecule has 0 saturated heterocycles. The monoisotopic (exact) mass is 287 g/mol. The topological polar surface area (TPSA) is 60.2 Å². The first-order chi connectivity index (χ1) is 7.06. The molecule has 2 N–H and O–H groups in total. The molecule has 0 atom stereocenters. The highest BCUT2D eigenvalue weighted by Crippen LogP contribution is 2.39. The first-order valence-corrected chi connectivity index (χ1v) is 6.85. The van der Waals surface area contributed by atoms with Crippen LogP contribution in [0.1, 0.15) is 12.0 Å². The van der Waals surface area contributed by atoms with Gasteiger partial charge < -0.3 is 5.73 Å². The Balaban J connectivity index is 2.68. The number of halogens is 1. The molecule has 0 amide bonds. The molecule has 1 aromatic carbocycles. The highest BCUT2D eigenvalue weighted by Gasteiger charge is 2.28. The molecule has 0 bridgehead atoms. The maximum Gasteiger partial charge on any atom is 0.201 e. The summed E-state index contributed by atoms with van der Waals surface area (Å²) in [6.45, 7) is 0.452. The van der Waals surface area contributed by atoms with Crippen LogP contribution in [0.25, 0.3) is 5.57 Å². The Morgan fingerprint density at radius 2 is 2.07 bits per heavy atom. The van der Waals surface area contributed by atoms with E-state index in [1.807, 2.05) is 12.1 Å². The molecule has 0 aliphatic carbocycles. The molecule has 0 saturated carbocycles. The number of rotatable bonds is 2. The number of fused-ring (bicyclic) bond motifs is 1. The van der Waals surface area contributed by atoms with Gasteiger partial charge in [-0.05, 0) is 46.1 Å². The Labute approximate surface area is 97.0 Å². The quantitative estimate of drug-likeness (QED) is 0.904. The van der Waals surface area contributed by atoms with Crippen LogP contribution in [0.15, 0.2) is 33.0 Å². The summed E-state index contributed by atoms with van der Waals surface area (Å²) >= 11 is 3.26. The summed E-state index contributed by atoms with van der Waals surface area (Å²) in [7, 11) is -3.27. The molecule has 1 aliphatic heterocycles. The molecule has 1 heterocycles. The van der Waals surface area contributed by atoms with Gasteiger partial charge in [0.2, 0.25) is 9.84 Å². The maximum atomic E-state index is 11.8.